The summed E-state index contributed by atoms with van der Waals surface area (Å²) in [6, 6.07) is 15.6. The van der Waals surface area contributed by atoms with E-state index in [9.17, 15) is 19.5 Å². The Bertz CT molecular complexity index is 1080. The minimum atomic E-state index is -1.41. The van der Waals surface area contributed by atoms with Crippen molar-refractivity contribution in [1.29, 1.82) is 0 Å². The summed E-state index contributed by atoms with van der Waals surface area (Å²) in [7, 11) is 0. The van der Waals surface area contributed by atoms with Gasteiger partial charge in [0.15, 0.2) is 0 Å². The lowest BCUT2D eigenvalue weighted by Gasteiger charge is -2.23. The number of fused-ring (bicyclic) bond motifs is 1. The molecule has 2 aliphatic heterocycles. The zero-order chi connectivity index (χ0) is 20.7. The van der Waals surface area contributed by atoms with E-state index in [1.807, 2.05) is 42.5 Å². The first-order valence-electron chi connectivity index (χ1n) is 8.86. The van der Waals surface area contributed by atoms with Gasteiger partial charge in [-0.1, -0.05) is 72.5 Å². The van der Waals surface area contributed by atoms with Crippen LogP contribution < -0.4 is 10.0 Å². The van der Waals surface area contributed by atoms with Gasteiger partial charge in [0.05, 0.1) is 34.7 Å². The standard InChI is InChI=1S/C21H16N2O4S2/c1-12(20(26)27)23-19(25)17(29-21(23)28)16-14-9-5-6-10-15(14)22(18(16)24)11-13-7-3-2-4-8-13/h2-10,12H,11H2,1H3,(H,26,27)/p-1. The Labute approximate surface area is 176 Å². The van der Waals surface area contributed by atoms with Gasteiger partial charge in [0.1, 0.15) is 4.32 Å². The van der Waals surface area contributed by atoms with Gasteiger partial charge in [0.25, 0.3) is 11.8 Å². The number of thioether (sulfide) groups is 1. The van der Waals surface area contributed by atoms with E-state index in [2.05, 4.69) is 0 Å². The van der Waals surface area contributed by atoms with Gasteiger partial charge in [-0.25, -0.2) is 0 Å². The van der Waals surface area contributed by atoms with Gasteiger partial charge in [-0.3, -0.25) is 14.5 Å². The van der Waals surface area contributed by atoms with Gasteiger partial charge >= 0.3 is 0 Å². The summed E-state index contributed by atoms with van der Waals surface area (Å²) in [5.74, 6) is -2.30. The Morgan fingerprint density at radius 3 is 2.41 bits per heavy atom. The number of aliphatic carboxylic acids is 1. The van der Waals surface area contributed by atoms with Crippen LogP contribution in [0.25, 0.3) is 5.57 Å². The van der Waals surface area contributed by atoms with Gasteiger partial charge in [-0.15, -0.1) is 0 Å². The number of para-hydroxylation sites is 1. The molecule has 0 N–H and O–H groups in total. The van der Waals surface area contributed by atoms with E-state index in [4.69, 9.17) is 12.2 Å². The maximum Gasteiger partial charge on any atom is 0.267 e. The van der Waals surface area contributed by atoms with E-state index >= 15 is 0 Å². The first kappa shape index (κ1) is 19.4. The Balaban J connectivity index is 1.79. The molecule has 0 spiro atoms. The second-order valence-electron chi connectivity index (χ2n) is 6.64. The van der Waals surface area contributed by atoms with E-state index < -0.39 is 17.9 Å². The molecule has 2 aromatic carbocycles. The van der Waals surface area contributed by atoms with Crippen molar-refractivity contribution in [3.8, 4) is 0 Å². The molecule has 8 heteroatoms. The summed E-state index contributed by atoms with van der Waals surface area (Å²) in [6.07, 6.45) is 0. The van der Waals surface area contributed by atoms with E-state index in [0.717, 1.165) is 22.2 Å². The maximum atomic E-state index is 13.3. The fourth-order valence-corrected chi connectivity index (χ4v) is 4.88. The molecule has 0 aromatic heterocycles. The summed E-state index contributed by atoms with van der Waals surface area (Å²) in [6.45, 7) is 1.69. The van der Waals surface area contributed by atoms with Crippen molar-refractivity contribution in [3.63, 3.8) is 0 Å². The third-order valence-corrected chi connectivity index (χ3v) is 6.26. The number of carbonyl (C=O) groups excluding carboxylic acids is 3. The minimum Gasteiger partial charge on any atom is -0.548 e. The number of nitrogens with zero attached hydrogens (tertiary/aromatic N) is 2. The van der Waals surface area contributed by atoms with Gasteiger partial charge in [-0.05, 0) is 18.6 Å². The lowest BCUT2D eigenvalue weighted by atomic mass is 10.1. The predicted octanol–water partition coefficient (Wildman–Crippen LogP) is 1.94. The highest BCUT2D eigenvalue weighted by Gasteiger charge is 2.43. The third kappa shape index (κ3) is 3.24. The van der Waals surface area contributed by atoms with Gasteiger partial charge in [-0.2, -0.15) is 0 Å². The first-order chi connectivity index (χ1) is 13.9. The SMILES string of the molecule is CC(C(=O)[O-])N1C(=O)C(=C2C(=O)N(Cc3ccccc3)c3ccccc32)SC1=S. The number of carboxylic acids is 1. The summed E-state index contributed by atoms with van der Waals surface area (Å²) < 4.78 is 0.0981. The van der Waals surface area contributed by atoms with Gasteiger partial charge < -0.3 is 14.8 Å². The van der Waals surface area contributed by atoms with Crippen LogP contribution in [-0.2, 0) is 20.9 Å². The zero-order valence-electron chi connectivity index (χ0n) is 15.3. The molecule has 0 saturated carbocycles. The van der Waals surface area contributed by atoms with E-state index in [1.165, 1.54) is 6.92 Å². The lowest BCUT2D eigenvalue weighted by Crippen LogP contribution is -2.48. The largest absolute Gasteiger partial charge is 0.548 e. The van der Waals surface area contributed by atoms with Crippen LogP contribution in [0.4, 0.5) is 5.69 Å². The van der Waals surface area contributed by atoms with E-state index in [-0.39, 0.29) is 20.7 Å². The average molecular weight is 423 g/mol. The van der Waals surface area contributed by atoms with Crippen molar-refractivity contribution in [2.75, 3.05) is 4.90 Å². The minimum absolute atomic E-state index is 0.0981. The fraction of sp³-hybridized carbons (Fsp3) is 0.143. The van der Waals surface area contributed by atoms with Crippen molar-refractivity contribution in [3.05, 3.63) is 70.6 Å². The number of carboxylic acid groups (broad SMARTS) is 1. The number of hydrogen-bond acceptors (Lipinski definition) is 6. The highest BCUT2D eigenvalue weighted by atomic mass is 32.2. The zero-order valence-corrected chi connectivity index (χ0v) is 17.0. The predicted molar refractivity (Wildman–Crippen MR) is 112 cm³/mol. The average Bonchev–Trinajstić information content (AvgIpc) is 3.15. The molecule has 1 saturated heterocycles. The van der Waals surface area contributed by atoms with Crippen LogP contribution in [0.1, 0.15) is 18.1 Å². The number of amides is 2. The van der Waals surface area contributed by atoms with Crippen LogP contribution in [0.3, 0.4) is 0 Å². The third-order valence-electron chi connectivity index (χ3n) is 4.86. The van der Waals surface area contributed by atoms with Crippen LogP contribution in [-0.4, -0.2) is 33.0 Å². The Kier molecular flexibility index (Phi) is 4.97. The second-order valence-corrected chi connectivity index (χ2v) is 8.28. The fourth-order valence-electron chi connectivity index (χ4n) is 3.39. The van der Waals surface area contributed by atoms with Gasteiger partial charge in [0.2, 0.25) is 0 Å². The van der Waals surface area contributed by atoms with Crippen molar-refractivity contribution < 1.29 is 19.5 Å². The Morgan fingerprint density at radius 1 is 1.07 bits per heavy atom. The number of thiocarbonyl (C=S) groups is 1. The molecule has 2 heterocycles. The molecule has 1 atom stereocenters. The molecule has 6 nitrogen and oxygen atoms in total. The van der Waals surface area contributed by atoms with Crippen molar-refractivity contribution in [1.82, 2.24) is 4.90 Å². The molecule has 1 fully saturated rings. The number of benzene rings is 2. The van der Waals surface area contributed by atoms with Gasteiger partial charge in [0, 0.05) is 5.56 Å². The molecule has 2 amide bonds. The molecule has 1 unspecified atom stereocenters. The molecule has 4 rings (SSSR count). The molecule has 0 radical (unpaired) electrons. The number of carbonyl (C=O) groups is 3. The summed E-state index contributed by atoms with van der Waals surface area (Å²) in [5.41, 5.74) is 2.54. The van der Waals surface area contributed by atoms with E-state index in [0.29, 0.717) is 17.8 Å². The van der Waals surface area contributed by atoms with Crippen molar-refractivity contribution in [2.24, 2.45) is 0 Å². The molecular formula is C21H15N2O4S2-. The Hall–Kier alpha value is -2.97. The van der Waals surface area contributed by atoms with Crippen LogP contribution in [0, 0.1) is 0 Å². The number of anilines is 1. The lowest BCUT2D eigenvalue weighted by molar-refractivity contribution is -0.309. The van der Waals surface area contributed by atoms with Crippen molar-refractivity contribution >= 4 is 57.3 Å². The highest BCUT2D eigenvalue weighted by molar-refractivity contribution is 8.26. The molecule has 0 aliphatic carbocycles. The number of hydrogen-bond donors (Lipinski definition) is 0. The molecule has 146 valence electrons. The monoisotopic (exact) mass is 423 g/mol. The van der Waals surface area contributed by atoms with Crippen LogP contribution in [0.2, 0.25) is 0 Å². The maximum absolute atomic E-state index is 13.3. The smallest absolute Gasteiger partial charge is 0.267 e. The summed E-state index contributed by atoms with van der Waals surface area (Å²) >= 11 is 6.16. The second kappa shape index (κ2) is 7.46. The summed E-state index contributed by atoms with van der Waals surface area (Å²) in [5, 5.41) is 11.3. The molecular weight excluding hydrogens is 408 g/mol. The van der Waals surface area contributed by atoms with Crippen LogP contribution in [0.5, 0.6) is 0 Å². The normalized spacial score (nSPS) is 19.7. The first-order valence-corrected chi connectivity index (χ1v) is 10.1. The van der Waals surface area contributed by atoms with Crippen molar-refractivity contribution in [2.45, 2.75) is 19.5 Å². The number of rotatable bonds is 4. The van der Waals surface area contributed by atoms with Crippen LogP contribution in [0.15, 0.2) is 59.5 Å². The topological polar surface area (TPSA) is 80.7 Å². The van der Waals surface area contributed by atoms with E-state index in [1.54, 1.807) is 17.0 Å². The highest BCUT2D eigenvalue weighted by Crippen LogP contribution is 2.45. The quantitative estimate of drug-likeness (QED) is 0.552. The molecule has 0 bridgehead atoms. The molecule has 2 aromatic rings. The van der Waals surface area contributed by atoms with Crippen LogP contribution >= 0.6 is 24.0 Å². The Morgan fingerprint density at radius 2 is 1.72 bits per heavy atom. The summed E-state index contributed by atoms with van der Waals surface area (Å²) in [4.78, 5) is 40.3. The molecule has 29 heavy (non-hydrogen) atoms. The molecule has 2 aliphatic rings.